The van der Waals surface area contributed by atoms with Crippen LogP contribution >= 0.6 is 0 Å². The number of ether oxygens (including phenoxy) is 3. The number of rotatable bonds is 32. The van der Waals surface area contributed by atoms with E-state index in [4.69, 9.17) is 14.2 Å². The molecule has 0 aromatic carbocycles. The zero-order valence-electron chi connectivity index (χ0n) is 29.3. The van der Waals surface area contributed by atoms with Crippen molar-refractivity contribution in [2.75, 3.05) is 41.0 Å². The monoisotopic (exact) mass is 628 g/mol. The molecule has 0 amide bonds. The van der Waals surface area contributed by atoms with Crippen molar-refractivity contribution in [1.29, 1.82) is 0 Å². The topological polar surface area (TPSA) is 102 Å². The Morgan fingerprint density at radius 3 is 1.41 bits per heavy atom. The van der Waals surface area contributed by atoms with Crippen molar-refractivity contribution < 1.29 is 38.2 Å². The zero-order chi connectivity index (χ0) is 32.9. The van der Waals surface area contributed by atoms with Gasteiger partial charge in [-0.15, -0.1) is 0 Å². The fraction of sp³-hybridized carbons (Fsp3) is 0.917. The highest BCUT2D eigenvalue weighted by molar-refractivity contribution is 5.70. The van der Waals surface area contributed by atoms with E-state index < -0.39 is 18.1 Å². The van der Waals surface area contributed by atoms with E-state index in [9.17, 15) is 19.5 Å². The number of nitrogens with zero attached hydrogens (tertiary/aromatic N) is 1. The smallest absolute Gasteiger partial charge is 0.306 e. The highest BCUT2D eigenvalue weighted by Crippen LogP contribution is 2.14. The molecule has 0 fully saturated rings. The Morgan fingerprint density at radius 2 is 1.00 bits per heavy atom. The second-order valence-corrected chi connectivity index (χ2v) is 13.5. The average Bonchev–Trinajstić information content (AvgIpc) is 2.96. The molecule has 260 valence electrons. The van der Waals surface area contributed by atoms with Crippen LogP contribution in [0.4, 0.5) is 0 Å². The molecule has 8 heteroatoms. The van der Waals surface area contributed by atoms with Gasteiger partial charge in [-0.1, -0.05) is 129 Å². The first-order chi connectivity index (χ1) is 21.1. The molecule has 0 heterocycles. The maximum absolute atomic E-state index is 12.6. The van der Waals surface area contributed by atoms with Crippen LogP contribution < -0.4 is 5.11 Å². The molecule has 44 heavy (non-hydrogen) atoms. The minimum absolute atomic E-state index is 0.0478. The lowest BCUT2D eigenvalue weighted by molar-refractivity contribution is -0.889. The van der Waals surface area contributed by atoms with Gasteiger partial charge >= 0.3 is 11.9 Å². The Labute approximate surface area is 270 Å². The van der Waals surface area contributed by atoms with Crippen LogP contribution in [0.25, 0.3) is 0 Å². The van der Waals surface area contributed by atoms with Gasteiger partial charge in [0.25, 0.3) is 0 Å². The van der Waals surface area contributed by atoms with Crippen LogP contribution in [-0.2, 0) is 28.6 Å². The predicted molar refractivity (Wildman–Crippen MR) is 176 cm³/mol. The molecule has 0 radical (unpaired) electrons. The first-order valence-electron chi connectivity index (χ1n) is 18.1. The first kappa shape index (κ1) is 42.3. The van der Waals surface area contributed by atoms with Gasteiger partial charge in [-0.05, 0) is 12.8 Å². The standard InChI is InChI=1S/C36H69NO7/c1-6-8-10-12-14-16-18-20-22-24-26-34(38)43-31-32(30-42-29-28-33(36(40)41)37(3,4)5)44-35(39)27-25-23-21-19-17-15-13-11-9-7-2/h32-33H,6-31H2,1-5H3. The molecular formula is C36H69NO7. The van der Waals surface area contributed by atoms with Crippen LogP contribution in [0.2, 0.25) is 0 Å². The van der Waals surface area contributed by atoms with Crippen LogP contribution in [0.1, 0.15) is 162 Å². The normalized spacial score (nSPS) is 13.0. The van der Waals surface area contributed by atoms with Crippen molar-refractivity contribution in [3.05, 3.63) is 0 Å². The minimum Gasteiger partial charge on any atom is -0.544 e. The molecular weight excluding hydrogens is 558 g/mol. The Hall–Kier alpha value is -1.67. The summed E-state index contributed by atoms with van der Waals surface area (Å²) in [6, 6.07) is -0.716. The molecule has 0 aromatic rings. The SMILES string of the molecule is CCCCCCCCCCCCC(=O)OCC(COCCC(C(=O)[O-])[N+](C)(C)C)OC(=O)CCCCCCCCCCCC. The van der Waals surface area contributed by atoms with Gasteiger partial charge in [0.1, 0.15) is 12.6 Å². The number of hydrogen-bond donors (Lipinski definition) is 0. The predicted octanol–water partition coefficient (Wildman–Crippen LogP) is 7.29. The van der Waals surface area contributed by atoms with Crippen LogP contribution in [0.3, 0.4) is 0 Å². The molecule has 8 nitrogen and oxygen atoms in total. The van der Waals surface area contributed by atoms with Gasteiger partial charge in [0, 0.05) is 19.3 Å². The molecule has 0 aliphatic heterocycles. The van der Waals surface area contributed by atoms with Gasteiger partial charge in [-0.3, -0.25) is 9.59 Å². The lowest BCUT2D eigenvalue weighted by Gasteiger charge is -2.34. The van der Waals surface area contributed by atoms with Gasteiger partial charge < -0.3 is 28.6 Å². The summed E-state index contributed by atoms with van der Waals surface area (Å²) >= 11 is 0. The van der Waals surface area contributed by atoms with E-state index in [1.165, 1.54) is 89.9 Å². The van der Waals surface area contributed by atoms with Crippen LogP contribution in [0, 0.1) is 0 Å². The second kappa shape index (κ2) is 28.8. The van der Waals surface area contributed by atoms with E-state index in [-0.39, 0.29) is 42.7 Å². The number of likely N-dealkylation sites (N-methyl/N-ethyl adjacent to an activating group) is 1. The van der Waals surface area contributed by atoms with Gasteiger partial charge in [-0.2, -0.15) is 0 Å². The lowest BCUT2D eigenvalue weighted by Crippen LogP contribution is -2.55. The number of carbonyl (C=O) groups excluding carboxylic acids is 3. The highest BCUT2D eigenvalue weighted by Gasteiger charge is 2.25. The summed E-state index contributed by atoms with van der Waals surface area (Å²) in [4.78, 5) is 36.5. The summed E-state index contributed by atoms with van der Waals surface area (Å²) < 4.78 is 17.0. The molecule has 0 saturated carbocycles. The summed E-state index contributed by atoms with van der Waals surface area (Å²) in [6.07, 6.45) is 24.1. The average molecular weight is 628 g/mol. The number of aliphatic carboxylic acids is 1. The van der Waals surface area contributed by atoms with Crippen molar-refractivity contribution in [3.8, 4) is 0 Å². The van der Waals surface area contributed by atoms with Crippen LogP contribution in [0.15, 0.2) is 0 Å². The molecule has 0 aromatic heterocycles. The number of carbonyl (C=O) groups is 3. The zero-order valence-corrected chi connectivity index (χ0v) is 29.3. The first-order valence-corrected chi connectivity index (χ1v) is 18.1. The molecule has 0 N–H and O–H groups in total. The van der Waals surface area contributed by atoms with Gasteiger partial charge in [0.15, 0.2) is 6.10 Å². The number of carboxylic acid groups (broad SMARTS) is 1. The van der Waals surface area contributed by atoms with Gasteiger partial charge in [0.05, 0.1) is 40.3 Å². The summed E-state index contributed by atoms with van der Waals surface area (Å²) in [5, 5.41) is 11.5. The molecule has 0 aliphatic rings. The fourth-order valence-corrected chi connectivity index (χ4v) is 5.36. The number of esters is 2. The fourth-order valence-electron chi connectivity index (χ4n) is 5.36. The van der Waals surface area contributed by atoms with Crippen molar-refractivity contribution in [2.45, 2.75) is 174 Å². The van der Waals surface area contributed by atoms with E-state index in [0.29, 0.717) is 12.8 Å². The largest absolute Gasteiger partial charge is 0.544 e. The number of unbranched alkanes of at least 4 members (excludes halogenated alkanes) is 18. The number of hydrogen-bond acceptors (Lipinski definition) is 7. The molecule has 0 aliphatic carbocycles. The molecule has 0 bridgehead atoms. The highest BCUT2D eigenvalue weighted by atomic mass is 16.6. The Balaban J connectivity index is 4.44. The van der Waals surface area contributed by atoms with Crippen LogP contribution in [0.5, 0.6) is 0 Å². The summed E-state index contributed by atoms with van der Waals surface area (Å²) in [5.74, 6) is -1.73. The van der Waals surface area contributed by atoms with Crippen molar-refractivity contribution in [2.24, 2.45) is 0 Å². The second-order valence-electron chi connectivity index (χ2n) is 13.5. The summed E-state index contributed by atoms with van der Waals surface area (Å²) in [5.41, 5.74) is 0. The summed E-state index contributed by atoms with van der Waals surface area (Å²) in [7, 11) is 5.40. The van der Waals surface area contributed by atoms with E-state index >= 15 is 0 Å². The van der Waals surface area contributed by atoms with Gasteiger partial charge in [-0.25, -0.2) is 0 Å². The number of quaternary nitrogens is 1. The van der Waals surface area contributed by atoms with E-state index in [2.05, 4.69) is 13.8 Å². The van der Waals surface area contributed by atoms with Crippen molar-refractivity contribution in [3.63, 3.8) is 0 Å². The summed E-state index contributed by atoms with van der Waals surface area (Å²) in [6.45, 7) is 4.63. The maximum Gasteiger partial charge on any atom is 0.306 e. The molecule has 0 saturated heterocycles. The molecule has 0 spiro atoms. The Morgan fingerprint density at radius 1 is 0.591 bits per heavy atom. The Bertz CT molecular complexity index is 707. The lowest BCUT2D eigenvalue weighted by atomic mass is 10.1. The minimum atomic E-state index is -1.12. The van der Waals surface area contributed by atoms with E-state index in [1.54, 1.807) is 21.1 Å². The van der Waals surface area contributed by atoms with E-state index in [0.717, 1.165) is 38.5 Å². The molecule has 2 atom stereocenters. The third-order valence-corrected chi connectivity index (χ3v) is 8.24. The third-order valence-electron chi connectivity index (χ3n) is 8.24. The molecule has 2 unspecified atom stereocenters. The quantitative estimate of drug-likeness (QED) is 0.0438. The van der Waals surface area contributed by atoms with Crippen LogP contribution in [-0.4, -0.2) is 75.5 Å². The van der Waals surface area contributed by atoms with E-state index in [1.807, 2.05) is 0 Å². The maximum atomic E-state index is 12.6. The Kier molecular flexibility index (Phi) is 27.7. The van der Waals surface area contributed by atoms with Crippen molar-refractivity contribution >= 4 is 17.9 Å². The van der Waals surface area contributed by atoms with Crippen molar-refractivity contribution in [1.82, 2.24) is 0 Å². The third kappa shape index (κ3) is 26.7. The van der Waals surface area contributed by atoms with Gasteiger partial charge in [0.2, 0.25) is 0 Å². The number of carboxylic acids is 1. The molecule has 0 rings (SSSR count).